The quantitative estimate of drug-likeness (QED) is 0.468. The summed E-state index contributed by atoms with van der Waals surface area (Å²) >= 11 is 3.20. The summed E-state index contributed by atoms with van der Waals surface area (Å²) in [6.07, 6.45) is 1.33. The molecule has 0 spiro atoms. The Balaban J connectivity index is 0.00000259. The minimum Gasteiger partial charge on any atom is -0.485 e. The number of halogens is 1. The number of para-hydroxylation sites is 3. The van der Waals surface area contributed by atoms with Crippen molar-refractivity contribution in [3.63, 3.8) is 0 Å². The first-order chi connectivity index (χ1) is 15.7. The van der Waals surface area contributed by atoms with E-state index in [0.717, 1.165) is 48.0 Å². The first-order valence-corrected chi connectivity index (χ1v) is 12.7. The number of hydrogen-bond donors (Lipinski definition) is 0. The predicted molar refractivity (Wildman–Crippen MR) is 135 cm³/mol. The molecule has 2 aliphatic heterocycles. The molecule has 2 aromatic carbocycles. The average Bonchev–Trinajstić information content (AvgIpc) is 3.28. The second-order valence-corrected chi connectivity index (χ2v) is 9.47. The molecular formula is C23H26ClN3O4S2. The third-order valence-electron chi connectivity index (χ3n) is 5.62. The molecule has 1 amide bonds. The molecule has 1 atom stereocenters. The Hall–Kier alpha value is -2.04. The van der Waals surface area contributed by atoms with Crippen molar-refractivity contribution in [3.8, 4) is 11.5 Å². The summed E-state index contributed by atoms with van der Waals surface area (Å²) in [5.41, 5.74) is 0.940. The van der Waals surface area contributed by atoms with Crippen LogP contribution in [-0.4, -0.2) is 74.2 Å². The van der Waals surface area contributed by atoms with Gasteiger partial charge in [-0.2, -0.15) is 0 Å². The normalized spacial score (nSPS) is 18.0. The summed E-state index contributed by atoms with van der Waals surface area (Å²) in [7, 11) is 0. The summed E-state index contributed by atoms with van der Waals surface area (Å²) in [6.45, 7) is 4.67. The van der Waals surface area contributed by atoms with Crippen LogP contribution >= 0.6 is 35.5 Å². The van der Waals surface area contributed by atoms with Gasteiger partial charge in [-0.1, -0.05) is 29.5 Å². The van der Waals surface area contributed by atoms with E-state index in [1.165, 1.54) is 0 Å². The molecule has 0 N–H and O–H groups in total. The molecular weight excluding hydrogens is 482 g/mol. The fourth-order valence-electron chi connectivity index (χ4n) is 3.87. The van der Waals surface area contributed by atoms with Gasteiger partial charge in [-0.3, -0.25) is 14.6 Å². The number of thioether (sulfide) groups is 1. The molecule has 10 heteroatoms. The molecule has 1 aromatic heterocycles. The Labute approximate surface area is 207 Å². The summed E-state index contributed by atoms with van der Waals surface area (Å²) in [6, 6.07) is 13.6. The van der Waals surface area contributed by atoms with E-state index in [2.05, 4.69) is 17.0 Å². The lowest BCUT2D eigenvalue weighted by Gasteiger charge is -2.32. The van der Waals surface area contributed by atoms with Gasteiger partial charge in [-0.05, 0) is 30.5 Å². The molecule has 0 radical (unpaired) electrons. The van der Waals surface area contributed by atoms with Crippen molar-refractivity contribution in [1.82, 2.24) is 9.88 Å². The van der Waals surface area contributed by atoms with E-state index in [-0.39, 0.29) is 24.9 Å². The maximum absolute atomic E-state index is 13.7. The fraction of sp³-hybridized carbons (Fsp3) is 0.391. The molecule has 5 rings (SSSR count). The number of morpholine rings is 1. The van der Waals surface area contributed by atoms with Gasteiger partial charge in [0.1, 0.15) is 6.61 Å². The monoisotopic (exact) mass is 507 g/mol. The van der Waals surface area contributed by atoms with Crippen LogP contribution in [0.4, 0.5) is 5.13 Å². The van der Waals surface area contributed by atoms with E-state index in [0.29, 0.717) is 23.2 Å². The van der Waals surface area contributed by atoms with Gasteiger partial charge < -0.3 is 14.2 Å². The van der Waals surface area contributed by atoms with E-state index in [1.54, 1.807) is 28.0 Å². The van der Waals surface area contributed by atoms with Gasteiger partial charge >= 0.3 is 0 Å². The molecule has 3 heterocycles. The molecule has 0 aliphatic carbocycles. The molecule has 0 saturated carbocycles. The van der Waals surface area contributed by atoms with Crippen molar-refractivity contribution >= 4 is 56.8 Å². The number of ether oxygens (including phenoxy) is 3. The lowest BCUT2D eigenvalue weighted by atomic mass is 10.2. The maximum Gasteiger partial charge on any atom is 0.273 e. The molecule has 2 aliphatic rings. The number of thiazole rings is 1. The van der Waals surface area contributed by atoms with E-state index in [1.807, 2.05) is 36.6 Å². The van der Waals surface area contributed by atoms with Crippen molar-refractivity contribution in [3.05, 3.63) is 42.5 Å². The number of benzene rings is 2. The lowest BCUT2D eigenvalue weighted by Crippen LogP contribution is -2.49. The minimum atomic E-state index is -0.707. The first-order valence-electron chi connectivity index (χ1n) is 10.7. The van der Waals surface area contributed by atoms with Gasteiger partial charge in [0.25, 0.3) is 5.91 Å². The molecule has 33 heavy (non-hydrogen) atoms. The van der Waals surface area contributed by atoms with Crippen LogP contribution < -0.4 is 14.4 Å². The van der Waals surface area contributed by atoms with Crippen molar-refractivity contribution in [1.29, 1.82) is 0 Å². The van der Waals surface area contributed by atoms with Crippen molar-refractivity contribution in [2.75, 3.05) is 57.2 Å². The third-order valence-corrected chi connectivity index (χ3v) is 7.43. The highest BCUT2D eigenvalue weighted by molar-refractivity contribution is 7.98. The fourth-order valence-corrected chi connectivity index (χ4v) is 5.53. The number of fused-ring (bicyclic) bond motifs is 2. The molecule has 3 aromatic rings. The zero-order valence-corrected chi connectivity index (χ0v) is 20.7. The van der Waals surface area contributed by atoms with Crippen LogP contribution in [0.5, 0.6) is 11.5 Å². The zero-order chi connectivity index (χ0) is 21.9. The van der Waals surface area contributed by atoms with Gasteiger partial charge in [0, 0.05) is 31.1 Å². The zero-order valence-electron chi connectivity index (χ0n) is 18.3. The Morgan fingerprint density at radius 1 is 1.18 bits per heavy atom. The van der Waals surface area contributed by atoms with Gasteiger partial charge in [-0.15, -0.1) is 24.2 Å². The number of nitrogens with zero attached hydrogens (tertiary/aromatic N) is 3. The number of carbonyl (C=O) groups excluding carboxylic acids is 1. The highest BCUT2D eigenvalue weighted by atomic mass is 35.5. The molecule has 1 unspecified atom stereocenters. The number of anilines is 1. The first kappa shape index (κ1) is 24.1. The maximum atomic E-state index is 13.7. The van der Waals surface area contributed by atoms with Crippen molar-refractivity contribution in [2.24, 2.45) is 0 Å². The van der Waals surface area contributed by atoms with E-state index in [9.17, 15) is 4.79 Å². The van der Waals surface area contributed by atoms with Crippen LogP contribution in [0.1, 0.15) is 0 Å². The number of aromatic nitrogens is 1. The van der Waals surface area contributed by atoms with Gasteiger partial charge in [0.05, 0.1) is 23.4 Å². The Kier molecular flexibility index (Phi) is 7.98. The highest BCUT2D eigenvalue weighted by Crippen LogP contribution is 2.36. The molecule has 1 fully saturated rings. The molecule has 1 saturated heterocycles. The highest BCUT2D eigenvalue weighted by Gasteiger charge is 2.33. The minimum absolute atomic E-state index is 0. The van der Waals surface area contributed by atoms with Crippen LogP contribution in [0.15, 0.2) is 47.4 Å². The van der Waals surface area contributed by atoms with E-state index >= 15 is 0 Å². The van der Waals surface area contributed by atoms with Crippen LogP contribution in [0.25, 0.3) is 10.2 Å². The summed E-state index contributed by atoms with van der Waals surface area (Å²) in [5, 5.41) is 0.696. The number of rotatable bonds is 6. The van der Waals surface area contributed by atoms with Gasteiger partial charge in [0.2, 0.25) is 6.10 Å². The largest absolute Gasteiger partial charge is 0.485 e. The Bertz CT molecular complexity index is 1110. The summed E-state index contributed by atoms with van der Waals surface area (Å²) < 4.78 is 18.4. The number of carbonyl (C=O) groups is 1. The van der Waals surface area contributed by atoms with Crippen LogP contribution in [0.2, 0.25) is 0 Å². The number of amides is 1. The van der Waals surface area contributed by atoms with Crippen molar-refractivity contribution < 1.29 is 19.0 Å². The summed E-state index contributed by atoms with van der Waals surface area (Å²) in [4.78, 5) is 23.7. The molecule has 0 bridgehead atoms. The van der Waals surface area contributed by atoms with Gasteiger partial charge in [0.15, 0.2) is 16.6 Å². The van der Waals surface area contributed by atoms with Crippen LogP contribution in [0.3, 0.4) is 0 Å². The standard InChI is InChI=1S/C23H25N3O4S2.ClH/c1-31-19-7-4-8-20-21(19)24-23(32-20)26(10-9-25-11-13-28-14-12-25)22(27)18-15-29-16-5-2-3-6-17(16)30-18;/h2-8,18H,9-15H2,1H3;1H. The Morgan fingerprint density at radius 3 is 2.76 bits per heavy atom. The topological polar surface area (TPSA) is 64.1 Å². The third kappa shape index (κ3) is 5.22. The molecule has 176 valence electrons. The lowest BCUT2D eigenvalue weighted by molar-refractivity contribution is -0.127. The average molecular weight is 508 g/mol. The predicted octanol–water partition coefficient (Wildman–Crippen LogP) is 3.95. The van der Waals surface area contributed by atoms with Crippen molar-refractivity contribution in [2.45, 2.75) is 11.0 Å². The summed E-state index contributed by atoms with van der Waals surface area (Å²) in [5.74, 6) is 1.14. The second-order valence-electron chi connectivity index (χ2n) is 7.61. The SMILES string of the molecule is CSc1cccc2sc(N(CCN3CCOCC3)C(=O)C3COc4ccccc4O3)nc12.Cl. The van der Waals surface area contributed by atoms with Crippen LogP contribution in [-0.2, 0) is 9.53 Å². The van der Waals surface area contributed by atoms with E-state index < -0.39 is 6.10 Å². The Morgan fingerprint density at radius 2 is 1.97 bits per heavy atom. The van der Waals surface area contributed by atoms with E-state index in [4.69, 9.17) is 19.2 Å². The molecule has 7 nitrogen and oxygen atoms in total. The van der Waals surface area contributed by atoms with Gasteiger partial charge in [-0.25, -0.2) is 4.98 Å². The number of hydrogen-bond acceptors (Lipinski definition) is 8. The second kappa shape index (κ2) is 10.9. The van der Waals surface area contributed by atoms with Crippen LogP contribution in [0, 0.1) is 0 Å². The smallest absolute Gasteiger partial charge is 0.273 e.